The van der Waals surface area contributed by atoms with E-state index in [-0.39, 0.29) is 11.2 Å². The Balaban J connectivity index is 2.45. The highest BCUT2D eigenvalue weighted by Gasteiger charge is 2.44. The van der Waals surface area contributed by atoms with E-state index in [1.165, 1.54) is 6.92 Å². The third-order valence-corrected chi connectivity index (χ3v) is 1.77. The van der Waals surface area contributed by atoms with E-state index in [4.69, 9.17) is 0 Å². The van der Waals surface area contributed by atoms with Gasteiger partial charge in [-0.2, -0.15) is 0 Å². The predicted octanol–water partition coefficient (Wildman–Crippen LogP) is 2.72. The molecule has 1 aliphatic rings. The molecule has 0 aromatic rings. The SMILES string of the molecule is CC(F)=CC1[CH]C1(C)C. The van der Waals surface area contributed by atoms with Gasteiger partial charge in [-0.05, 0) is 30.8 Å². The lowest BCUT2D eigenvalue weighted by Crippen LogP contribution is -1.85. The Morgan fingerprint density at radius 3 is 2.22 bits per heavy atom. The zero-order chi connectivity index (χ0) is 7.07. The average molecular weight is 127 g/mol. The number of halogens is 1. The van der Waals surface area contributed by atoms with Crippen LogP contribution >= 0.6 is 0 Å². The zero-order valence-corrected chi connectivity index (χ0v) is 6.11. The molecule has 1 atom stereocenters. The van der Waals surface area contributed by atoms with Crippen molar-refractivity contribution in [1.29, 1.82) is 0 Å². The van der Waals surface area contributed by atoms with Gasteiger partial charge in [-0.25, -0.2) is 4.39 Å². The van der Waals surface area contributed by atoms with Crippen LogP contribution in [0.1, 0.15) is 20.8 Å². The summed E-state index contributed by atoms with van der Waals surface area (Å²) in [5.74, 6) is 0.310. The van der Waals surface area contributed by atoms with E-state index in [1.807, 2.05) is 0 Å². The molecule has 0 aromatic heterocycles. The summed E-state index contributed by atoms with van der Waals surface area (Å²) in [6.45, 7) is 5.70. The highest BCUT2D eigenvalue weighted by atomic mass is 19.1. The molecular formula is C8H12F. The molecule has 0 amide bonds. The first kappa shape index (κ1) is 6.79. The second-order valence-electron chi connectivity index (χ2n) is 3.27. The van der Waals surface area contributed by atoms with Crippen molar-refractivity contribution in [2.75, 3.05) is 0 Å². The molecule has 0 N–H and O–H groups in total. The van der Waals surface area contributed by atoms with Crippen LogP contribution in [0.5, 0.6) is 0 Å². The molecule has 0 heterocycles. The average Bonchev–Trinajstić information content (AvgIpc) is 2.10. The van der Waals surface area contributed by atoms with Gasteiger partial charge in [0, 0.05) is 0 Å². The first-order chi connectivity index (χ1) is 4.02. The number of hydrogen-bond acceptors (Lipinski definition) is 0. The molecular weight excluding hydrogens is 115 g/mol. The zero-order valence-electron chi connectivity index (χ0n) is 6.11. The Kier molecular flexibility index (Phi) is 1.38. The van der Waals surface area contributed by atoms with Crippen LogP contribution in [0.25, 0.3) is 0 Å². The van der Waals surface area contributed by atoms with E-state index in [0.717, 1.165) is 0 Å². The summed E-state index contributed by atoms with van der Waals surface area (Å²) in [4.78, 5) is 0. The summed E-state index contributed by atoms with van der Waals surface area (Å²) in [7, 11) is 0. The minimum absolute atomic E-state index is 0.0678. The van der Waals surface area contributed by atoms with Gasteiger partial charge in [0.2, 0.25) is 0 Å². The van der Waals surface area contributed by atoms with Gasteiger partial charge < -0.3 is 0 Å². The van der Waals surface area contributed by atoms with Crippen molar-refractivity contribution in [2.24, 2.45) is 11.3 Å². The summed E-state index contributed by atoms with van der Waals surface area (Å²) >= 11 is 0. The Labute approximate surface area is 55.8 Å². The Morgan fingerprint density at radius 1 is 1.67 bits per heavy atom. The van der Waals surface area contributed by atoms with E-state index in [1.54, 1.807) is 6.08 Å². The minimum atomic E-state index is -0.0678. The topological polar surface area (TPSA) is 0 Å². The maximum absolute atomic E-state index is 12.2. The molecule has 1 aliphatic carbocycles. The van der Waals surface area contributed by atoms with Gasteiger partial charge in [0.15, 0.2) is 0 Å². The predicted molar refractivity (Wildman–Crippen MR) is 36.4 cm³/mol. The van der Waals surface area contributed by atoms with Gasteiger partial charge in [-0.1, -0.05) is 13.8 Å². The fourth-order valence-electron chi connectivity index (χ4n) is 0.925. The van der Waals surface area contributed by atoms with Gasteiger partial charge in [-0.15, -0.1) is 0 Å². The van der Waals surface area contributed by atoms with Crippen molar-refractivity contribution in [3.05, 3.63) is 18.3 Å². The van der Waals surface area contributed by atoms with Crippen LogP contribution in [0, 0.1) is 17.8 Å². The molecule has 1 unspecified atom stereocenters. The lowest BCUT2D eigenvalue weighted by molar-refractivity contribution is 0.591. The van der Waals surface area contributed by atoms with Crippen LogP contribution in [-0.2, 0) is 0 Å². The highest BCUT2D eigenvalue weighted by Crippen LogP contribution is 2.51. The van der Waals surface area contributed by atoms with Crippen molar-refractivity contribution in [3.63, 3.8) is 0 Å². The summed E-state index contributed by atoms with van der Waals surface area (Å²) in [5.41, 5.74) is 0.257. The van der Waals surface area contributed by atoms with Crippen molar-refractivity contribution < 1.29 is 4.39 Å². The molecule has 1 rings (SSSR count). The quantitative estimate of drug-likeness (QED) is 0.508. The first-order valence-electron chi connectivity index (χ1n) is 3.22. The number of rotatable bonds is 1. The van der Waals surface area contributed by atoms with E-state index in [2.05, 4.69) is 20.3 Å². The highest BCUT2D eigenvalue weighted by molar-refractivity contribution is 5.22. The van der Waals surface area contributed by atoms with Crippen molar-refractivity contribution in [3.8, 4) is 0 Å². The van der Waals surface area contributed by atoms with Crippen LogP contribution in [0.15, 0.2) is 11.9 Å². The van der Waals surface area contributed by atoms with Gasteiger partial charge in [0.25, 0.3) is 0 Å². The molecule has 1 radical (unpaired) electrons. The second kappa shape index (κ2) is 1.83. The molecule has 9 heavy (non-hydrogen) atoms. The van der Waals surface area contributed by atoms with E-state index < -0.39 is 0 Å². The normalized spacial score (nSPS) is 32.4. The number of hydrogen-bond donors (Lipinski definition) is 0. The van der Waals surface area contributed by atoms with Crippen LogP contribution in [0.4, 0.5) is 4.39 Å². The number of allylic oxidation sites excluding steroid dienone is 2. The van der Waals surface area contributed by atoms with Gasteiger partial charge in [-0.3, -0.25) is 0 Å². The third kappa shape index (κ3) is 1.54. The Hall–Kier alpha value is -0.330. The van der Waals surface area contributed by atoms with Crippen LogP contribution in [0.2, 0.25) is 0 Å². The maximum Gasteiger partial charge on any atom is 0.0932 e. The summed E-state index contributed by atoms with van der Waals surface area (Å²) in [6.07, 6.45) is 3.80. The lowest BCUT2D eigenvalue weighted by Gasteiger charge is -1.94. The molecule has 51 valence electrons. The smallest absolute Gasteiger partial charge is 0.0932 e. The fourth-order valence-corrected chi connectivity index (χ4v) is 0.925. The van der Waals surface area contributed by atoms with Crippen molar-refractivity contribution >= 4 is 0 Å². The molecule has 0 aromatic carbocycles. The van der Waals surface area contributed by atoms with Gasteiger partial charge in [0.05, 0.1) is 5.83 Å². The minimum Gasteiger partial charge on any atom is -0.212 e. The second-order valence-corrected chi connectivity index (χ2v) is 3.27. The molecule has 1 saturated carbocycles. The summed E-state index contributed by atoms with van der Waals surface area (Å²) in [6, 6.07) is 0. The van der Waals surface area contributed by atoms with E-state index in [0.29, 0.717) is 5.92 Å². The molecule has 0 aliphatic heterocycles. The largest absolute Gasteiger partial charge is 0.212 e. The molecule has 1 fully saturated rings. The molecule has 0 spiro atoms. The van der Waals surface area contributed by atoms with Crippen LogP contribution in [0.3, 0.4) is 0 Å². The van der Waals surface area contributed by atoms with E-state index in [9.17, 15) is 4.39 Å². The monoisotopic (exact) mass is 127 g/mol. The fraction of sp³-hybridized carbons (Fsp3) is 0.625. The first-order valence-corrected chi connectivity index (χ1v) is 3.22. The molecule has 0 bridgehead atoms. The maximum atomic E-state index is 12.2. The Bertz CT molecular complexity index is 141. The third-order valence-electron chi connectivity index (χ3n) is 1.77. The Morgan fingerprint density at radius 2 is 2.11 bits per heavy atom. The summed E-state index contributed by atoms with van der Waals surface area (Å²) < 4.78 is 12.2. The standard InChI is InChI=1S/C8H12F/c1-6(9)4-7-5-8(7,2)3/h4-5,7H,1-3H3. The van der Waals surface area contributed by atoms with Crippen molar-refractivity contribution in [1.82, 2.24) is 0 Å². The summed E-state index contributed by atoms with van der Waals surface area (Å²) in [5, 5.41) is 0. The van der Waals surface area contributed by atoms with Gasteiger partial charge in [0.1, 0.15) is 0 Å². The lowest BCUT2D eigenvalue weighted by atomic mass is 10.1. The van der Waals surface area contributed by atoms with Crippen LogP contribution < -0.4 is 0 Å². The molecule has 0 nitrogen and oxygen atoms in total. The molecule has 1 heteroatoms. The molecule has 0 saturated heterocycles. The van der Waals surface area contributed by atoms with E-state index >= 15 is 0 Å². The van der Waals surface area contributed by atoms with Crippen molar-refractivity contribution in [2.45, 2.75) is 20.8 Å². The van der Waals surface area contributed by atoms with Gasteiger partial charge >= 0.3 is 0 Å². The van der Waals surface area contributed by atoms with Crippen LogP contribution in [-0.4, -0.2) is 0 Å².